The van der Waals surface area contributed by atoms with Crippen LogP contribution in [0.1, 0.15) is 16.8 Å². The van der Waals surface area contributed by atoms with Gasteiger partial charge < -0.3 is 28.4 Å². The number of nitrogens with two attached hydrogens (primary N) is 1. The number of thiocarbonyl (C=S) groups is 1. The number of pyridine rings is 1. The Hall–Kier alpha value is -0.752. The van der Waals surface area contributed by atoms with Crippen molar-refractivity contribution in [1.82, 2.24) is 10.4 Å². The molecule has 102 valence electrons. The van der Waals surface area contributed by atoms with Crippen molar-refractivity contribution < 1.29 is 43.7 Å². The Kier molecular flexibility index (Phi) is 10.0. The molecule has 0 aliphatic carbocycles. The van der Waals surface area contributed by atoms with Gasteiger partial charge in [0.05, 0.1) is 12.8 Å². The van der Waals surface area contributed by atoms with Crippen LogP contribution in [0.15, 0.2) is 11.3 Å². The molecule has 18 heavy (non-hydrogen) atoms. The molecule has 0 amide bonds. The summed E-state index contributed by atoms with van der Waals surface area (Å²) in [7, 11) is 0. The first-order valence-corrected chi connectivity index (χ1v) is 4.82. The molecule has 4 N–H and O–H groups in total. The molecule has 0 aliphatic rings. The summed E-state index contributed by atoms with van der Waals surface area (Å²) in [6.45, 7) is 1.30. The minimum atomic E-state index is -0.281. The number of hydrazone groups is 1. The second-order valence-corrected chi connectivity index (χ2v) is 3.44. The van der Waals surface area contributed by atoms with Gasteiger partial charge in [-0.1, -0.05) is 5.75 Å². The van der Waals surface area contributed by atoms with E-state index in [1.165, 1.54) is 12.4 Å². The maximum absolute atomic E-state index is 11.7. The van der Waals surface area contributed by atoms with Gasteiger partial charge in [0.1, 0.15) is 0 Å². The quantitative estimate of drug-likeness (QED) is 0.238. The van der Waals surface area contributed by atoms with Crippen molar-refractivity contribution in [3.05, 3.63) is 23.0 Å². The Morgan fingerprint density at radius 2 is 2.33 bits per heavy atom. The van der Waals surface area contributed by atoms with Crippen molar-refractivity contribution in [3.8, 4) is 5.75 Å². The molecular weight excluding hydrogens is 459 g/mol. The fourth-order valence-electron chi connectivity index (χ4n) is 1.07. The Bertz CT molecular complexity index is 445. The van der Waals surface area contributed by atoms with Crippen molar-refractivity contribution in [2.45, 2.75) is 13.5 Å². The maximum atomic E-state index is 11.7. The molecule has 1 heterocycles. The molecule has 1 aromatic rings. The van der Waals surface area contributed by atoms with E-state index in [-0.39, 0.29) is 56.5 Å². The number of nitrogens with one attached hydrogen (secondary N) is 1. The molecular formula is C9H11ClN4O2PtS. The molecule has 0 saturated carbocycles. The van der Waals surface area contributed by atoms with Crippen LogP contribution in [0.5, 0.6) is 5.75 Å². The van der Waals surface area contributed by atoms with Gasteiger partial charge in [-0.2, -0.15) is 5.10 Å². The van der Waals surface area contributed by atoms with Gasteiger partial charge in [0.25, 0.3) is 0 Å². The van der Waals surface area contributed by atoms with Crippen LogP contribution in [0.4, 0.5) is 0 Å². The standard InChI is InChI=1S/C9H12N4O2S.ClH.Pt/c1-5-8(15)7(3-12-13-9(10)16)6(4-14)2-11-5;;/h2-3,14-15H,4H2,1H3,(H3,10,13,16);1H;/q;;+2/p-2/b12-3+;;. The van der Waals surface area contributed by atoms with Crippen LogP contribution >= 0.6 is 12.2 Å². The van der Waals surface area contributed by atoms with Crippen molar-refractivity contribution in [3.63, 3.8) is 0 Å². The van der Waals surface area contributed by atoms with E-state index in [9.17, 15) is 5.11 Å². The Morgan fingerprint density at radius 3 is 2.83 bits per heavy atom. The summed E-state index contributed by atoms with van der Waals surface area (Å²) in [5.41, 5.74) is 8.52. The van der Waals surface area contributed by atoms with Gasteiger partial charge in [-0.25, -0.2) is 0 Å². The Labute approximate surface area is 130 Å². The molecule has 0 aromatic carbocycles. The molecule has 1 rings (SSSR count). The number of hydrogen-bond acceptors (Lipinski definition) is 5. The zero-order valence-electron chi connectivity index (χ0n) is 9.29. The van der Waals surface area contributed by atoms with Crippen molar-refractivity contribution in [1.29, 1.82) is 0 Å². The van der Waals surface area contributed by atoms with Gasteiger partial charge in [-0.15, -0.1) is 0 Å². The van der Waals surface area contributed by atoms with Gasteiger partial charge in [0.2, 0.25) is 0 Å². The van der Waals surface area contributed by atoms with E-state index in [1.54, 1.807) is 6.92 Å². The minimum absolute atomic E-state index is 0. The van der Waals surface area contributed by atoms with Crippen molar-refractivity contribution >= 4 is 23.5 Å². The maximum Gasteiger partial charge on any atom is 2.00 e. The summed E-state index contributed by atoms with van der Waals surface area (Å²) >= 11 is 4.54. The second-order valence-electron chi connectivity index (χ2n) is 3.00. The molecule has 0 radical (unpaired) electrons. The Balaban J connectivity index is 0. The number of halogens is 1. The number of aliphatic hydroxyl groups is 1. The first-order chi connectivity index (χ1) is 7.56. The Morgan fingerprint density at radius 1 is 1.72 bits per heavy atom. The van der Waals surface area contributed by atoms with Crippen LogP contribution in [0.2, 0.25) is 0 Å². The van der Waals surface area contributed by atoms with Crippen molar-refractivity contribution in [2.24, 2.45) is 10.8 Å². The zero-order valence-corrected chi connectivity index (χ0v) is 13.1. The largest absolute Gasteiger partial charge is 2.00 e. The SMILES string of the molecule is Cc1ncc(CO)c(/C=N/NC(N)=S)c1[O-].[Cl-].[Pt+2]. The zero-order chi connectivity index (χ0) is 12.1. The second kappa shape index (κ2) is 9.21. The van der Waals surface area contributed by atoms with Crippen LogP contribution < -0.4 is 28.7 Å². The van der Waals surface area contributed by atoms with Crippen LogP contribution in [-0.4, -0.2) is 21.4 Å². The molecule has 1 aromatic heterocycles. The molecule has 0 bridgehead atoms. The molecule has 0 saturated heterocycles. The van der Waals surface area contributed by atoms with Gasteiger partial charge in [0.15, 0.2) is 5.11 Å². The summed E-state index contributed by atoms with van der Waals surface area (Å²) < 4.78 is 0. The van der Waals surface area contributed by atoms with E-state index >= 15 is 0 Å². The topological polar surface area (TPSA) is 107 Å². The predicted molar refractivity (Wildman–Crippen MR) is 61.9 cm³/mol. The van der Waals surface area contributed by atoms with E-state index in [1.807, 2.05) is 0 Å². The molecule has 0 fully saturated rings. The minimum Gasteiger partial charge on any atom is -1.00 e. The summed E-state index contributed by atoms with van der Waals surface area (Å²) in [5, 5.41) is 24.4. The number of rotatable bonds is 3. The molecule has 6 nitrogen and oxygen atoms in total. The fraction of sp³-hybridized carbons (Fsp3) is 0.222. The monoisotopic (exact) mass is 469 g/mol. The number of aromatic nitrogens is 1. The fourth-order valence-corrected chi connectivity index (χ4v) is 1.12. The average Bonchev–Trinajstić information content (AvgIpc) is 2.24. The number of nitrogens with zero attached hydrogens (tertiary/aromatic N) is 2. The van der Waals surface area contributed by atoms with Crippen LogP contribution in [0.25, 0.3) is 0 Å². The molecule has 0 spiro atoms. The molecule has 0 unspecified atom stereocenters. The third-order valence-electron chi connectivity index (χ3n) is 1.87. The van der Waals surface area contributed by atoms with E-state index in [0.29, 0.717) is 11.3 Å². The van der Waals surface area contributed by atoms with E-state index < -0.39 is 0 Å². The first-order valence-electron chi connectivity index (χ1n) is 4.41. The van der Waals surface area contributed by atoms with Gasteiger partial charge in [0, 0.05) is 17.5 Å². The summed E-state index contributed by atoms with van der Waals surface area (Å²) in [6, 6.07) is 0. The molecule has 0 aliphatic heterocycles. The summed E-state index contributed by atoms with van der Waals surface area (Å²) in [5.74, 6) is -0.278. The van der Waals surface area contributed by atoms with Gasteiger partial charge >= 0.3 is 21.1 Å². The van der Waals surface area contributed by atoms with Gasteiger partial charge in [-0.05, 0) is 24.7 Å². The number of aliphatic hydroxyl groups excluding tert-OH is 1. The smallest absolute Gasteiger partial charge is 1.00 e. The van der Waals surface area contributed by atoms with Gasteiger partial charge in [-0.3, -0.25) is 10.4 Å². The van der Waals surface area contributed by atoms with Crippen LogP contribution in [0.3, 0.4) is 0 Å². The average molecular weight is 470 g/mol. The van der Waals surface area contributed by atoms with Crippen LogP contribution in [-0.2, 0) is 27.7 Å². The predicted octanol–water partition coefficient (Wildman–Crippen LogP) is -3.88. The van der Waals surface area contributed by atoms with E-state index in [0.717, 1.165) is 0 Å². The summed E-state index contributed by atoms with van der Waals surface area (Å²) in [4.78, 5) is 3.85. The van der Waals surface area contributed by atoms with E-state index in [2.05, 4.69) is 27.7 Å². The molecule has 9 heteroatoms. The van der Waals surface area contributed by atoms with E-state index in [4.69, 9.17) is 10.8 Å². The first kappa shape index (κ1) is 19.6. The van der Waals surface area contributed by atoms with Crippen LogP contribution in [0, 0.1) is 6.92 Å². The normalized spacial score (nSPS) is 9.44. The number of aryl methyl sites for hydroxylation is 1. The summed E-state index contributed by atoms with van der Waals surface area (Å²) in [6.07, 6.45) is 2.70. The third kappa shape index (κ3) is 5.26. The molecule has 0 atom stereocenters. The third-order valence-corrected chi connectivity index (χ3v) is 1.96. The number of hydrogen-bond donors (Lipinski definition) is 3. The van der Waals surface area contributed by atoms with Crippen molar-refractivity contribution in [2.75, 3.05) is 0 Å².